The Bertz CT molecular complexity index is 897. The largest absolute Gasteiger partial charge is 0.371 e. The molecule has 2 aromatic rings. The normalized spacial score (nSPS) is 18.6. The number of benzene rings is 1. The molecule has 1 amide bonds. The summed E-state index contributed by atoms with van der Waals surface area (Å²) < 4.78 is 0. The van der Waals surface area contributed by atoms with E-state index in [0.29, 0.717) is 5.02 Å². The molecule has 1 aliphatic carbocycles. The molecule has 1 N–H and O–H groups in total. The first-order valence-corrected chi connectivity index (χ1v) is 10.2. The van der Waals surface area contributed by atoms with Crippen LogP contribution in [0.15, 0.2) is 65.6 Å². The molecule has 5 heteroatoms. The van der Waals surface area contributed by atoms with Gasteiger partial charge < -0.3 is 10.2 Å². The molecule has 1 aromatic carbocycles. The van der Waals surface area contributed by atoms with Gasteiger partial charge in [-0.05, 0) is 85.7 Å². The third kappa shape index (κ3) is 4.28. The van der Waals surface area contributed by atoms with Crippen LogP contribution in [0.3, 0.4) is 0 Å². The number of nitrogens with zero attached hydrogens (tertiary/aromatic N) is 2. The maximum atomic E-state index is 13.1. The first-order chi connectivity index (χ1) is 13.7. The number of likely N-dealkylation sites (tertiary alicyclic amines) is 1. The number of amides is 1. The van der Waals surface area contributed by atoms with Crippen LogP contribution in [0.5, 0.6) is 0 Å². The maximum Gasteiger partial charge on any atom is 0.253 e. The average Bonchev–Trinajstić information content (AvgIpc) is 3.15. The van der Waals surface area contributed by atoms with Crippen molar-refractivity contribution in [3.05, 3.63) is 76.2 Å². The van der Waals surface area contributed by atoms with Crippen molar-refractivity contribution < 1.29 is 4.79 Å². The lowest BCUT2D eigenvalue weighted by atomic mass is 10.0. The predicted octanol–water partition coefficient (Wildman–Crippen LogP) is 5.29. The SMILES string of the molecule is O=C(Nc1ccc(Cl)cc1)C1=C(N2CCCCC2)C(=Cc2ccncc2)CC1. The highest BCUT2D eigenvalue weighted by Gasteiger charge is 2.29. The first-order valence-electron chi connectivity index (χ1n) is 9.87. The number of hydrogen-bond donors (Lipinski definition) is 1. The van der Waals surface area contributed by atoms with Crippen LogP contribution in [0, 0.1) is 0 Å². The lowest BCUT2D eigenvalue weighted by molar-refractivity contribution is -0.113. The summed E-state index contributed by atoms with van der Waals surface area (Å²) in [6, 6.07) is 11.3. The standard InChI is InChI=1S/C23H24ClN3O/c24-19-5-7-20(8-6-19)26-23(28)21-9-4-18(16-17-10-12-25-13-11-17)22(21)27-14-2-1-3-15-27/h5-8,10-13,16H,1-4,9,14-15H2,(H,26,28). The Hall–Kier alpha value is -2.59. The van der Waals surface area contributed by atoms with E-state index in [4.69, 9.17) is 11.6 Å². The molecule has 0 unspecified atom stereocenters. The number of pyridine rings is 1. The van der Waals surface area contributed by atoms with Crippen molar-refractivity contribution >= 4 is 29.3 Å². The van der Waals surface area contributed by atoms with Crippen LogP contribution in [0.25, 0.3) is 6.08 Å². The second-order valence-corrected chi connectivity index (χ2v) is 7.72. The quantitative estimate of drug-likeness (QED) is 0.767. The van der Waals surface area contributed by atoms with E-state index in [1.165, 1.54) is 24.8 Å². The van der Waals surface area contributed by atoms with E-state index in [1.807, 2.05) is 24.3 Å². The van der Waals surface area contributed by atoms with Crippen molar-refractivity contribution in [1.29, 1.82) is 0 Å². The van der Waals surface area contributed by atoms with Crippen molar-refractivity contribution in [3.63, 3.8) is 0 Å². The Morgan fingerprint density at radius 1 is 1.00 bits per heavy atom. The first kappa shape index (κ1) is 18.8. The van der Waals surface area contributed by atoms with Crippen LogP contribution >= 0.6 is 11.6 Å². The van der Waals surface area contributed by atoms with Gasteiger partial charge in [-0.1, -0.05) is 11.6 Å². The van der Waals surface area contributed by atoms with Crippen LogP contribution in [0.4, 0.5) is 5.69 Å². The lowest BCUT2D eigenvalue weighted by Gasteiger charge is -2.31. The number of hydrogen-bond acceptors (Lipinski definition) is 3. The molecule has 1 saturated heterocycles. The molecule has 28 heavy (non-hydrogen) atoms. The number of allylic oxidation sites excluding steroid dienone is 1. The summed E-state index contributed by atoms with van der Waals surface area (Å²) in [5.41, 5.74) is 5.15. The monoisotopic (exact) mass is 393 g/mol. The van der Waals surface area contributed by atoms with Gasteiger partial charge in [-0.25, -0.2) is 0 Å². The van der Waals surface area contributed by atoms with Gasteiger partial charge in [0.25, 0.3) is 5.91 Å². The summed E-state index contributed by atoms with van der Waals surface area (Å²) in [7, 11) is 0. The topological polar surface area (TPSA) is 45.2 Å². The van der Waals surface area contributed by atoms with Crippen molar-refractivity contribution in [1.82, 2.24) is 9.88 Å². The number of anilines is 1. The molecular formula is C23H24ClN3O. The number of piperidine rings is 1. The fourth-order valence-electron chi connectivity index (χ4n) is 3.96. The zero-order chi connectivity index (χ0) is 19.3. The molecule has 4 nitrogen and oxygen atoms in total. The van der Waals surface area contributed by atoms with E-state index in [1.54, 1.807) is 24.5 Å². The zero-order valence-electron chi connectivity index (χ0n) is 15.8. The predicted molar refractivity (Wildman–Crippen MR) is 114 cm³/mol. The number of carbonyl (C=O) groups excluding carboxylic acids is 1. The van der Waals surface area contributed by atoms with Gasteiger partial charge in [0.1, 0.15) is 0 Å². The highest BCUT2D eigenvalue weighted by Crippen LogP contribution is 2.37. The van der Waals surface area contributed by atoms with Crippen molar-refractivity contribution in [2.75, 3.05) is 18.4 Å². The Labute approximate surface area is 170 Å². The van der Waals surface area contributed by atoms with E-state index < -0.39 is 0 Å². The molecule has 0 radical (unpaired) electrons. The minimum atomic E-state index is -0.0129. The van der Waals surface area contributed by atoms with E-state index >= 15 is 0 Å². The van der Waals surface area contributed by atoms with Gasteiger partial charge in [-0.3, -0.25) is 9.78 Å². The van der Waals surface area contributed by atoms with Crippen LogP contribution in [0.2, 0.25) is 5.02 Å². The van der Waals surface area contributed by atoms with Crippen molar-refractivity contribution in [2.45, 2.75) is 32.1 Å². The van der Waals surface area contributed by atoms with E-state index in [-0.39, 0.29) is 5.91 Å². The smallest absolute Gasteiger partial charge is 0.253 e. The van der Waals surface area contributed by atoms with Crippen molar-refractivity contribution in [2.24, 2.45) is 0 Å². The number of halogens is 1. The summed E-state index contributed by atoms with van der Waals surface area (Å²) in [5, 5.41) is 3.71. The van der Waals surface area contributed by atoms with Crippen molar-refractivity contribution in [3.8, 4) is 0 Å². The molecule has 1 fully saturated rings. The minimum Gasteiger partial charge on any atom is -0.371 e. The van der Waals surface area contributed by atoms with Gasteiger partial charge in [0.05, 0.1) is 0 Å². The Morgan fingerprint density at radius 2 is 1.71 bits per heavy atom. The summed E-state index contributed by atoms with van der Waals surface area (Å²) in [6.45, 7) is 2.03. The summed E-state index contributed by atoms with van der Waals surface area (Å²) >= 11 is 5.96. The van der Waals surface area contributed by atoms with Crippen LogP contribution in [-0.2, 0) is 4.79 Å². The van der Waals surface area contributed by atoms with Crippen LogP contribution in [-0.4, -0.2) is 28.9 Å². The average molecular weight is 394 g/mol. The highest BCUT2D eigenvalue weighted by atomic mass is 35.5. The lowest BCUT2D eigenvalue weighted by Crippen LogP contribution is -2.31. The van der Waals surface area contributed by atoms with E-state index in [0.717, 1.165) is 48.5 Å². The number of nitrogens with one attached hydrogen (secondary N) is 1. The fraction of sp³-hybridized carbons (Fsp3) is 0.304. The number of carbonyl (C=O) groups is 1. The van der Waals surface area contributed by atoms with Gasteiger partial charge >= 0.3 is 0 Å². The fourth-order valence-corrected chi connectivity index (χ4v) is 4.09. The second-order valence-electron chi connectivity index (χ2n) is 7.29. The van der Waals surface area contributed by atoms with Gasteiger partial charge in [0.2, 0.25) is 0 Å². The second kappa shape index (κ2) is 8.61. The molecule has 0 atom stereocenters. The van der Waals surface area contributed by atoms with E-state index in [9.17, 15) is 4.79 Å². The molecular weight excluding hydrogens is 370 g/mol. The van der Waals surface area contributed by atoms with Gasteiger partial charge in [-0.2, -0.15) is 0 Å². The molecule has 1 aliphatic heterocycles. The maximum absolute atomic E-state index is 13.1. The Morgan fingerprint density at radius 3 is 2.43 bits per heavy atom. The van der Waals surface area contributed by atoms with Gasteiger partial charge in [-0.15, -0.1) is 0 Å². The number of aromatic nitrogens is 1. The van der Waals surface area contributed by atoms with Crippen LogP contribution in [0.1, 0.15) is 37.7 Å². The zero-order valence-corrected chi connectivity index (χ0v) is 16.6. The molecule has 4 rings (SSSR count). The molecule has 0 bridgehead atoms. The molecule has 2 heterocycles. The third-order valence-electron chi connectivity index (χ3n) is 5.33. The van der Waals surface area contributed by atoms with E-state index in [2.05, 4.69) is 21.3 Å². The molecule has 2 aliphatic rings. The summed E-state index contributed by atoms with van der Waals surface area (Å²) in [5.74, 6) is -0.0129. The number of rotatable bonds is 4. The summed E-state index contributed by atoms with van der Waals surface area (Å²) in [4.78, 5) is 19.6. The highest BCUT2D eigenvalue weighted by molar-refractivity contribution is 6.30. The van der Waals surface area contributed by atoms with Gasteiger partial charge in [0, 0.05) is 47.5 Å². The van der Waals surface area contributed by atoms with Gasteiger partial charge in [0.15, 0.2) is 0 Å². The Kier molecular flexibility index (Phi) is 5.77. The Balaban J connectivity index is 1.65. The molecule has 1 aromatic heterocycles. The van der Waals surface area contributed by atoms with Crippen LogP contribution < -0.4 is 5.32 Å². The third-order valence-corrected chi connectivity index (χ3v) is 5.58. The minimum absolute atomic E-state index is 0.0129. The summed E-state index contributed by atoms with van der Waals surface area (Å²) in [6.07, 6.45) is 11.1. The molecule has 144 valence electrons. The molecule has 0 saturated carbocycles. The molecule has 0 spiro atoms.